The minimum Gasteiger partial charge on any atom is -0.379 e. The highest BCUT2D eigenvalue weighted by Gasteiger charge is 2.28. The Morgan fingerprint density at radius 2 is 1.61 bits per heavy atom. The number of ether oxygens (including phenoxy) is 2. The van der Waals surface area contributed by atoms with Crippen LogP contribution in [0.1, 0.15) is 43.5 Å². The first-order chi connectivity index (χ1) is 14.8. The molecule has 0 saturated carbocycles. The minimum absolute atomic E-state index is 0.000531. The van der Waals surface area contributed by atoms with E-state index >= 15 is 0 Å². The molecule has 2 aromatic heterocycles. The molecule has 0 amide bonds. The first kappa shape index (κ1) is 23.8. The normalized spacial score (nSPS) is 21.3. The number of rotatable bonds is 4. The average molecular weight is 566 g/mol. The van der Waals surface area contributed by atoms with Crippen LogP contribution in [0.2, 0.25) is 0 Å². The summed E-state index contributed by atoms with van der Waals surface area (Å²) in [5.41, 5.74) is 0.624. The van der Waals surface area contributed by atoms with E-state index in [1.54, 1.807) is 16.3 Å². The fourth-order valence-corrected chi connectivity index (χ4v) is 4.59. The number of aromatic nitrogens is 4. The Kier molecular flexibility index (Phi) is 8.13. The van der Waals surface area contributed by atoms with Gasteiger partial charge in [0.15, 0.2) is 0 Å². The standard InChI is InChI=1S/C9H12BrN3O3.C8H10BrN3O3/c1-6-8(13(14)15)9(10)11-12(6)7-3-2-4-16-5-7;9-8-7(12(13)14)4-11(10-8)6-2-1-3-15-5-6/h7H,2-5H2,1H3;4,6H,1-3,5H2. The first-order valence-electron chi connectivity index (χ1n) is 9.73. The lowest BCUT2D eigenvalue weighted by molar-refractivity contribution is -0.386. The lowest BCUT2D eigenvalue weighted by Crippen LogP contribution is -2.23. The van der Waals surface area contributed by atoms with E-state index in [0.717, 1.165) is 38.9 Å². The van der Waals surface area contributed by atoms with E-state index in [-0.39, 0.29) is 28.1 Å². The molecule has 4 rings (SSSR count). The predicted octanol–water partition coefficient (Wildman–Crippen LogP) is 4.12. The van der Waals surface area contributed by atoms with Crippen molar-refractivity contribution in [2.75, 3.05) is 26.4 Å². The smallest absolute Gasteiger partial charge is 0.324 e. The summed E-state index contributed by atoms with van der Waals surface area (Å²) in [6.45, 7) is 4.39. The number of nitro groups is 2. The molecule has 0 aliphatic carbocycles. The van der Waals surface area contributed by atoms with E-state index in [1.807, 2.05) is 0 Å². The second-order valence-electron chi connectivity index (χ2n) is 7.21. The van der Waals surface area contributed by atoms with Gasteiger partial charge in [0.25, 0.3) is 0 Å². The molecule has 14 heteroatoms. The Bertz CT molecular complexity index is 936. The fourth-order valence-electron chi connectivity index (χ4n) is 3.56. The van der Waals surface area contributed by atoms with Crippen LogP contribution in [-0.2, 0) is 9.47 Å². The Morgan fingerprint density at radius 3 is 2.06 bits per heavy atom. The van der Waals surface area contributed by atoms with Gasteiger partial charge >= 0.3 is 11.4 Å². The molecule has 2 aliphatic heterocycles. The number of hydrogen-bond acceptors (Lipinski definition) is 8. The Labute approximate surface area is 194 Å². The van der Waals surface area contributed by atoms with Crippen molar-refractivity contribution < 1.29 is 19.3 Å². The van der Waals surface area contributed by atoms with E-state index in [0.29, 0.717) is 23.5 Å². The summed E-state index contributed by atoms with van der Waals surface area (Å²) in [7, 11) is 0. The summed E-state index contributed by atoms with van der Waals surface area (Å²) < 4.78 is 14.5. The first-order valence-corrected chi connectivity index (χ1v) is 11.3. The zero-order valence-corrected chi connectivity index (χ0v) is 19.9. The topological polar surface area (TPSA) is 140 Å². The van der Waals surface area contributed by atoms with Crippen LogP contribution in [0.25, 0.3) is 0 Å². The van der Waals surface area contributed by atoms with Crippen molar-refractivity contribution in [2.45, 2.75) is 44.7 Å². The van der Waals surface area contributed by atoms with Gasteiger partial charge in [-0.05, 0) is 64.5 Å². The van der Waals surface area contributed by atoms with Crippen LogP contribution in [0, 0.1) is 27.2 Å². The van der Waals surface area contributed by atoms with Crippen molar-refractivity contribution in [1.29, 1.82) is 0 Å². The molecule has 0 radical (unpaired) electrons. The van der Waals surface area contributed by atoms with Crippen molar-refractivity contribution in [2.24, 2.45) is 0 Å². The van der Waals surface area contributed by atoms with Gasteiger partial charge in [-0.1, -0.05) is 0 Å². The maximum absolute atomic E-state index is 10.8. The van der Waals surface area contributed by atoms with Crippen LogP contribution in [0.5, 0.6) is 0 Å². The number of hydrogen-bond donors (Lipinski definition) is 0. The molecule has 12 nitrogen and oxygen atoms in total. The molecule has 4 heterocycles. The maximum Gasteiger partial charge on any atom is 0.324 e. The Balaban J connectivity index is 0.000000176. The number of nitrogens with zero attached hydrogens (tertiary/aromatic N) is 6. The molecule has 0 bridgehead atoms. The third-order valence-corrected chi connectivity index (χ3v) is 6.22. The van der Waals surface area contributed by atoms with Crippen molar-refractivity contribution in [3.8, 4) is 0 Å². The van der Waals surface area contributed by atoms with Crippen LogP contribution < -0.4 is 0 Å². The molecule has 2 unspecified atom stereocenters. The molecule has 0 spiro atoms. The molecule has 170 valence electrons. The molecular formula is C17H22Br2N6O6. The van der Waals surface area contributed by atoms with Crippen molar-refractivity contribution in [3.63, 3.8) is 0 Å². The lowest BCUT2D eigenvalue weighted by Gasteiger charge is -2.23. The SMILES string of the molecule is Cc1c([N+](=O)[O-])c(Br)nn1C1CCCOC1.O=[N+]([O-])c1cn(C2CCCOC2)nc1Br. The molecule has 2 aromatic rings. The van der Waals surface area contributed by atoms with Crippen LogP contribution in [0.4, 0.5) is 11.4 Å². The maximum atomic E-state index is 10.8. The summed E-state index contributed by atoms with van der Waals surface area (Å²) in [5, 5.41) is 29.7. The molecule has 0 aromatic carbocycles. The van der Waals surface area contributed by atoms with E-state index in [4.69, 9.17) is 9.47 Å². The summed E-state index contributed by atoms with van der Waals surface area (Å²) in [5.74, 6) is 0. The fraction of sp³-hybridized carbons (Fsp3) is 0.647. The molecule has 2 atom stereocenters. The van der Waals surface area contributed by atoms with Crippen molar-refractivity contribution in [3.05, 3.63) is 41.3 Å². The minimum atomic E-state index is -0.447. The summed E-state index contributed by atoms with van der Waals surface area (Å²) in [6, 6.07) is 0.225. The monoisotopic (exact) mass is 564 g/mol. The van der Waals surface area contributed by atoms with Gasteiger partial charge in [0.1, 0.15) is 11.9 Å². The van der Waals surface area contributed by atoms with E-state index in [1.165, 1.54) is 6.20 Å². The second kappa shape index (κ2) is 10.6. The van der Waals surface area contributed by atoms with Gasteiger partial charge in [-0.2, -0.15) is 10.2 Å². The van der Waals surface area contributed by atoms with Gasteiger partial charge in [-0.15, -0.1) is 0 Å². The van der Waals surface area contributed by atoms with Gasteiger partial charge in [-0.3, -0.25) is 29.6 Å². The van der Waals surface area contributed by atoms with Gasteiger partial charge in [0, 0.05) is 13.2 Å². The zero-order valence-electron chi connectivity index (χ0n) is 16.8. The highest BCUT2D eigenvalue weighted by atomic mass is 79.9. The average Bonchev–Trinajstić information content (AvgIpc) is 3.29. The predicted molar refractivity (Wildman–Crippen MR) is 116 cm³/mol. The van der Waals surface area contributed by atoms with Gasteiger partial charge in [0.2, 0.25) is 9.21 Å². The lowest BCUT2D eigenvalue weighted by atomic mass is 10.1. The third-order valence-electron chi connectivity index (χ3n) is 5.12. The summed E-state index contributed by atoms with van der Waals surface area (Å²) in [4.78, 5) is 20.6. The summed E-state index contributed by atoms with van der Waals surface area (Å²) >= 11 is 6.19. The highest BCUT2D eigenvalue weighted by Crippen LogP contribution is 2.31. The van der Waals surface area contributed by atoms with Gasteiger partial charge in [0.05, 0.1) is 35.1 Å². The Morgan fingerprint density at radius 1 is 1.00 bits per heavy atom. The van der Waals surface area contributed by atoms with Crippen molar-refractivity contribution >= 4 is 43.2 Å². The van der Waals surface area contributed by atoms with Gasteiger partial charge in [-0.25, -0.2) is 0 Å². The second-order valence-corrected chi connectivity index (χ2v) is 8.71. The zero-order chi connectivity index (χ0) is 22.5. The van der Waals surface area contributed by atoms with Crippen LogP contribution in [0.3, 0.4) is 0 Å². The van der Waals surface area contributed by atoms with E-state index in [9.17, 15) is 20.2 Å². The van der Waals surface area contributed by atoms with Crippen LogP contribution in [-0.4, -0.2) is 55.8 Å². The van der Waals surface area contributed by atoms with E-state index < -0.39 is 9.85 Å². The van der Waals surface area contributed by atoms with Crippen LogP contribution in [0.15, 0.2) is 15.4 Å². The Hall–Kier alpha value is -1.90. The molecule has 2 aliphatic rings. The number of halogens is 2. The third kappa shape index (κ3) is 5.67. The molecule has 31 heavy (non-hydrogen) atoms. The van der Waals surface area contributed by atoms with Crippen molar-refractivity contribution in [1.82, 2.24) is 19.6 Å². The highest BCUT2D eigenvalue weighted by molar-refractivity contribution is 9.10. The molecular weight excluding hydrogens is 544 g/mol. The molecule has 2 fully saturated rings. The van der Waals surface area contributed by atoms with Gasteiger partial charge < -0.3 is 9.47 Å². The largest absolute Gasteiger partial charge is 0.379 e. The summed E-state index contributed by atoms with van der Waals surface area (Å²) in [6.07, 6.45) is 5.28. The van der Waals surface area contributed by atoms with E-state index in [2.05, 4.69) is 42.1 Å². The van der Waals surface area contributed by atoms with Crippen LogP contribution >= 0.6 is 31.9 Å². The quantitative estimate of drug-likeness (QED) is 0.398. The molecule has 2 saturated heterocycles. The molecule has 0 N–H and O–H groups in total.